The molecule has 18 heteroatoms. The van der Waals surface area contributed by atoms with Gasteiger partial charge < -0.3 is 38.3 Å². The molecule has 0 spiro atoms. The molecule has 0 radical (unpaired) electrons. The molecule has 7 unspecified atom stereocenters. The SMILES string of the molecule is BC1CC(OC(=O)COC(=O)c2cc(OC)c(OC)c(OC)c2)C(COP(=O)(OCCC#N)OC2CC(B)OC2CO)O1. The Morgan fingerprint density at radius 3 is 2.23 bits per heavy atom. The minimum atomic E-state index is -4.25. The lowest BCUT2D eigenvalue weighted by atomic mass is 9.96. The zero-order chi connectivity index (χ0) is 31.6. The minimum Gasteiger partial charge on any atom is -0.493 e. The zero-order valence-corrected chi connectivity index (χ0v) is 25.6. The molecule has 0 aliphatic carbocycles. The summed E-state index contributed by atoms with van der Waals surface area (Å²) >= 11 is 0. The molecular formula is C25H36B2NO14P. The first-order valence-corrected chi connectivity index (χ1v) is 15.0. The van der Waals surface area contributed by atoms with Gasteiger partial charge in [-0.1, -0.05) is 0 Å². The summed E-state index contributed by atoms with van der Waals surface area (Å²) < 4.78 is 67.7. The van der Waals surface area contributed by atoms with Crippen LogP contribution in [-0.4, -0.2) is 117 Å². The predicted octanol–water partition coefficient (Wildman–Crippen LogP) is -0.290. The van der Waals surface area contributed by atoms with Gasteiger partial charge in [0, 0.05) is 18.4 Å². The number of hydrogen-bond acceptors (Lipinski definition) is 15. The molecule has 1 aromatic rings. The number of rotatable bonds is 16. The Hall–Kier alpha value is -2.83. The monoisotopic (exact) mass is 627 g/mol. The van der Waals surface area contributed by atoms with Crippen molar-refractivity contribution in [1.29, 1.82) is 5.26 Å². The predicted molar refractivity (Wildman–Crippen MR) is 152 cm³/mol. The molecule has 7 atom stereocenters. The van der Waals surface area contributed by atoms with Crippen LogP contribution in [0.2, 0.25) is 0 Å². The number of hydrogen-bond donors (Lipinski definition) is 1. The van der Waals surface area contributed by atoms with E-state index in [-0.39, 0.29) is 61.1 Å². The van der Waals surface area contributed by atoms with Crippen molar-refractivity contribution in [3.05, 3.63) is 17.7 Å². The molecule has 2 aliphatic rings. The highest BCUT2D eigenvalue weighted by atomic mass is 31.2. The zero-order valence-electron chi connectivity index (χ0n) is 24.7. The molecular weight excluding hydrogens is 591 g/mol. The third-order valence-corrected chi connectivity index (χ3v) is 8.07. The van der Waals surface area contributed by atoms with E-state index in [9.17, 15) is 19.3 Å². The summed E-state index contributed by atoms with van der Waals surface area (Å²) in [5, 5.41) is 18.4. The van der Waals surface area contributed by atoms with Crippen molar-refractivity contribution in [2.45, 2.75) is 55.7 Å². The van der Waals surface area contributed by atoms with Gasteiger partial charge in [-0.2, -0.15) is 5.26 Å². The minimum absolute atomic E-state index is 0.0593. The summed E-state index contributed by atoms with van der Waals surface area (Å²) in [6.07, 6.45) is -2.61. The number of aliphatic hydroxyl groups excluding tert-OH is 1. The van der Waals surface area contributed by atoms with E-state index in [1.807, 2.05) is 6.07 Å². The van der Waals surface area contributed by atoms with Crippen molar-refractivity contribution in [2.75, 3.05) is 47.8 Å². The van der Waals surface area contributed by atoms with E-state index in [4.69, 9.17) is 52.0 Å². The van der Waals surface area contributed by atoms with Gasteiger partial charge in [-0.3, -0.25) is 13.6 Å². The number of methoxy groups -OCH3 is 3. The quantitative estimate of drug-likeness (QED) is 0.109. The third kappa shape index (κ3) is 9.58. The fourth-order valence-electron chi connectivity index (χ4n) is 4.62. The molecule has 0 bridgehead atoms. The molecule has 2 saturated heterocycles. The highest BCUT2D eigenvalue weighted by molar-refractivity contribution is 7.48. The highest BCUT2D eigenvalue weighted by Gasteiger charge is 2.43. The first kappa shape index (κ1) is 34.7. The summed E-state index contributed by atoms with van der Waals surface area (Å²) in [7, 11) is 3.50. The van der Waals surface area contributed by atoms with Crippen LogP contribution in [-0.2, 0) is 41.9 Å². The normalized spacial score (nSPS) is 26.2. The van der Waals surface area contributed by atoms with Gasteiger partial charge in [0.2, 0.25) is 5.75 Å². The van der Waals surface area contributed by atoms with Crippen molar-refractivity contribution in [2.24, 2.45) is 0 Å². The molecule has 43 heavy (non-hydrogen) atoms. The first-order valence-electron chi connectivity index (χ1n) is 13.6. The van der Waals surface area contributed by atoms with Crippen LogP contribution >= 0.6 is 7.82 Å². The Balaban J connectivity index is 1.59. The fourth-order valence-corrected chi connectivity index (χ4v) is 6.02. The average molecular weight is 627 g/mol. The van der Waals surface area contributed by atoms with E-state index in [2.05, 4.69) is 0 Å². The second-order valence-corrected chi connectivity index (χ2v) is 11.4. The van der Waals surface area contributed by atoms with Crippen LogP contribution in [0.4, 0.5) is 0 Å². The van der Waals surface area contributed by atoms with Crippen LogP contribution < -0.4 is 14.2 Å². The summed E-state index contributed by atoms with van der Waals surface area (Å²) in [4.78, 5) is 25.2. The van der Waals surface area contributed by atoms with Gasteiger partial charge in [0.1, 0.15) is 34.0 Å². The van der Waals surface area contributed by atoms with Crippen molar-refractivity contribution in [1.82, 2.24) is 0 Å². The molecule has 15 nitrogen and oxygen atoms in total. The maximum atomic E-state index is 13.5. The van der Waals surface area contributed by atoms with Gasteiger partial charge in [0.25, 0.3) is 0 Å². The van der Waals surface area contributed by atoms with Crippen LogP contribution in [0.5, 0.6) is 17.2 Å². The molecule has 2 heterocycles. The summed E-state index contributed by atoms with van der Waals surface area (Å²) in [5.41, 5.74) is 0.0593. The molecule has 1 aromatic carbocycles. The number of nitrogens with zero attached hydrogens (tertiary/aromatic N) is 1. The lowest BCUT2D eigenvalue weighted by molar-refractivity contribution is -0.156. The van der Waals surface area contributed by atoms with Crippen molar-refractivity contribution < 1.29 is 66.0 Å². The Labute approximate surface area is 251 Å². The number of aliphatic hydroxyl groups is 1. The number of esters is 2. The highest BCUT2D eigenvalue weighted by Crippen LogP contribution is 2.53. The third-order valence-electron chi connectivity index (χ3n) is 6.58. The first-order chi connectivity index (χ1) is 20.6. The number of nitriles is 1. The van der Waals surface area contributed by atoms with Crippen LogP contribution in [0.25, 0.3) is 0 Å². The van der Waals surface area contributed by atoms with E-state index in [1.54, 1.807) is 15.7 Å². The Morgan fingerprint density at radius 2 is 1.65 bits per heavy atom. The Morgan fingerprint density at radius 1 is 1.02 bits per heavy atom. The Kier molecular flexibility index (Phi) is 13.1. The largest absolute Gasteiger partial charge is 0.493 e. The fraction of sp³-hybridized carbons (Fsp3) is 0.640. The molecule has 2 fully saturated rings. The molecule has 236 valence electrons. The molecule has 0 aromatic heterocycles. The number of ether oxygens (including phenoxy) is 7. The number of phosphoric ester groups is 1. The van der Waals surface area contributed by atoms with Crippen LogP contribution in [0, 0.1) is 11.3 Å². The Bertz CT molecular complexity index is 1170. The molecule has 0 amide bonds. The van der Waals surface area contributed by atoms with Crippen molar-refractivity contribution in [3.8, 4) is 23.3 Å². The number of phosphoric acid groups is 1. The van der Waals surface area contributed by atoms with Gasteiger partial charge >= 0.3 is 19.8 Å². The maximum absolute atomic E-state index is 13.5. The van der Waals surface area contributed by atoms with E-state index < -0.39 is 50.8 Å². The topological polar surface area (TPSA) is 188 Å². The standard InChI is InChI=1S/C25H36B2NO14P/c1-33-17-7-14(8-18(34-2)24(17)35-3)25(31)36-13-23(30)41-15-9-21(26)40-20(15)12-38-43(32,37-6-4-5-28)42-16-10-22(27)39-19(16)11-29/h7-8,15-16,19-22,29H,4,6,9-13,26-27H2,1-3H3. The van der Waals surface area contributed by atoms with Gasteiger partial charge in [-0.25, -0.2) is 14.2 Å². The van der Waals surface area contributed by atoms with Crippen LogP contribution in [0.1, 0.15) is 29.6 Å². The lowest BCUT2D eigenvalue weighted by Gasteiger charge is -2.25. The molecule has 3 rings (SSSR count). The van der Waals surface area contributed by atoms with Gasteiger partial charge in [0.05, 0.1) is 65.3 Å². The number of benzene rings is 1. The van der Waals surface area contributed by atoms with Gasteiger partial charge in [-0.05, 0) is 18.6 Å². The van der Waals surface area contributed by atoms with E-state index in [1.165, 1.54) is 33.5 Å². The van der Waals surface area contributed by atoms with Gasteiger partial charge in [0.15, 0.2) is 18.1 Å². The van der Waals surface area contributed by atoms with Crippen molar-refractivity contribution in [3.63, 3.8) is 0 Å². The molecule has 1 N–H and O–H groups in total. The van der Waals surface area contributed by atoms with E-state index >= 15 is 0 Å². The van der Waals surface area contributed by atoms with Crippen LogP contribution in [0.3, 0.4) is 0 Å². The number of carbonyl (C=O) groups excluding carboxylic acids is 2. The number of carbonyl (C=O) groups is 2. The average Bonchev–Trinajstić information content (AvgIpc) is 3.53. The second kappa shape index (κ2) is 16.3. The summed E-state index contributed by atoms with van der Waals surface area (Å²) in [6.45, 7) is -1.63. The lowest BCUT2D eigenvalue weighted by Crippen LogP contribution is -2.33. The molecule has 0 saturated carbocycles. The maximum Gasteiger partial charge on any atom is 0.475 e. The summed E-state index contributed by atoms with van der Waals surface area (Å²) in [5.74, 6) is -0.923. The van der Waals surface area contributed by atoms with Crippen molar-refractivity contribution >= 4 is 35.5 Å². The van der Waals surface area contributed by atoms with E-state index in [0.29, 0.717) is 12.8 Å². The van der Waals surface area contributed by atoms with Crippen LogP contribution in [0.15, 0.2) is 12.1 Å². The van der Waals surface area contributed by atoms with Gasteiger partial charge in [-0.15, -0.1) is 0 Å². The smallest absolute Gasteiger partial charge is 0.475 e. The van der Waals surface area contributed by atoms with E-state index in [0.717, 1.165) is 0 Å². The summed E-state index contributed by atoms with van der Waals surface area (Å²) in [6, 6.07) is 4.06. The second-order valence-electron chi connectivity index (χ2n) is 9.77. The molecule has 2 aliphatic heterocycles.